The molecular weight excluding hydrogens is 270 g/mol. The van der Waals surface area contributed by atoms with E-state index in [1.54, 1.807) is 26.0 Å². The summed E-state index contributed by atoms with van der Waals surface area (Å²) in [6.07, 6.45) is 1.36. The third kappa shape index (κ3) is 3.61. The standard InChI is InChI=1S/C16H21NO4/c1-16(2,15(20)21)9-13(18)11-6-7-12-10(8-11)4-3-5-14(19)17-12/h6-8,13,18H,3-5,9H2,1-2H3,(H,17,19)(H,20,21). The summed E-state index contributed by atoms with van der Waals surface area (Å²) in [5.74, 6) is -0.919. The summed E-state index contributed by atoms with van der Waals surface area (Å²) in [6, 6.07) is 5.39. The van der Waals surface area contributed by atoms with E-state index in [4.69, 9.17) is 5.11 Å². The van der Waals surface area contributed by atoms with Crippen LogP contribution in [0.4, 0.5) is 5.69 Å². The highest BCUT2D eigenvalue weighted by Gasteiger charge is 2.30. The molecule has 1 heterocycles. The normalized spacial score (nSPS) is 16.6. The number of rotatable bonds is 4. The summed E-state index contributed by atoms with van der Waals surface area (Å²) >= 11 is 0. The van der Waals surface area contributed by atoms with Crippen LogP contribution in [0, 0.1) is 5.41 Å². The number of carbonyl (C=O) groups excluding carboxylic acids is 1. The van der Waals surface area contributed by atoms with E-state index in [0.717, 1.165) is 24.1 Å². The quantitative estimate of drug-likeness (QED) is 0.795. The third-order valence-electron chi connectivity index (χ3n) is 3.92. The number of aliphatic hydroxyl groups excluding tert-OH is 1. The molecule has 5 nitrogen and oxygen atoms in total. The predicted molar refractivity (Wildman–Crippen MR) is 79.0 cm³/mol. The van der Waals surface area contributed by atoms with Crippen molar-refractivity contribution in [3.63, 3.8) is 0 Å². The van der Waals surface area contributed by atoms with Crippen molar-refractivity contribution < 1.29 is 19.8 Å². The SMILES string of the molecule is CC(C)(CC(O)c1ccc2c(c1)CCCC(=O)N2)C(=O)O. The molecule has 2 rings (SSSR count). The van der Waals surface area contributed by atoms with Crippen LogP contribution in [0.15, 0.2) is 18.2 Å². The first-order valence-corrected chi connectivity index (χ1v) is 7.14. The Bertz CT molecular complexity index is 565. The molecule has 1 aliphatic heterocycles. The fraction of sp³-hybridized carbons (Fsp3) is 0.500. The van der Waals surface area contributed by atoms with E-state index < -0.39 is 17.5 Å². The minimum absolute atomic E-state index is 0.00839. The lowest BCUT2D eigenvalue weighted by Crippen LogP contribution is -2.26. The van der Waals surface area contributed by atoms with Gasteiger partial charge < -0.3 is 15.5 Å². The van der Waals surface area contributed by atoms with E-state index in [1.807, 2.05) is 6.07 Å². The van der Waals surface area contributed by atoms with E-state index in [1.165, 1.54) is 0 Å². The van der Waals surface area contributed by atoms with Crippen molar-refractivity contribution in [1.82, 2.24) is 0 Å². The third-order valence-corrected chi connectivity index (χ3v) is 3.92. The van der Waals surface area contributed by atoms with Gasteiger partial charge in [-0.05, 0) is 50.3 Å². The molecule has 1 amide bonds. The van der Waals surface area contributed by atoms with Gasteiger partial charge >= 0.3 is 5.97 Å². The molecule has 0 aromatic heterocycles. The average molecular weight is 291 g/mol. The number of fused-ring (bicyclic) bond motifs is 1. The Balaban J connectivity index is 2.20. The lowest BCUT2D eigenvalue weighted by atomic mass is 9.84. The zero-order chi connectivity index (χ0) is 15.6. The van der Waals surface area contributed by atoms with Gasteiger partial charge in [0.1, 0.15) is 0 Å². The smallest absolute Gasteiger partial charge is 0.309 e. The largest absolute Gasteiger partial charge is 0.481 e. The van der Waals surface area contributed by atoms with Crippen LogP contribution >= 0.6 is 0 Å². The second kappa shape index (κ2) is 5.85. The molecule has 0 fully saturated rings. The molecule has 21 heavy (non-hydrogen) atoms. The minimum atomic E-state index is -0.986. The van der Waals surface area contributed by atoms with Crippen molar-refractivity contribution in [2.45, 2.75) is 45.6 Å². The molecule has 1 atom stereocenters. The molecule has 114 valence electrons. The lowest BCUT2D eigenvalue weighted by Gasteiger charge is -2.23. The Morgan fingerprint density at radius 3 is 2.76 bits per heavy atom. The maximum Gasteiger partial charge on any atom is 0.309 e. The van der Waals surface area contributed by atoms with Gasteiger partial charge in [-0.25, -0.2) is 0 Å². The Hall–Kier alpha value is -1.88. The fourth-order valence-electron chi connectivity index (χ4n) is 2.49. The summed E-state index contributed by atoms with van der Waals surface area (Å²) in [4.78, 5) is 22.6. The zero-order valence-electron chi connectivity index (χ0n) is 12.3. The van der Waals surface area contributed by atoms with Crippen LogP contribution in [0.5, 0.6) is 0 Å². The monoisotopic (exact) mass is 291 g/mol. The zero-order valence-corrected chi connectivity index (χ0v) is 12.3. The van der Waals surface area contributed by atoms with Gasteiger partial charge in [-0.1, -0.05) is 12.1 Å². The first kappa shape index (κ1) is 15.5. The molecule has 1 aromatic rings. The maximum absolute atomic E-state index is 11.5. The van der Waals surface area contributed by atoms with Crippen LogP contribution in [0.1, 0.15) is 50.3 Å². The van der Waals surface area contributed by atoms with Crippen LogP contribution in [-0.4, -0.2) is 22.1 Å². The lowest BCUT2D eigenvalue weighted by molar-refractivity contribution is -0.148. The second-order valence-electron chi connectivity index (χ2n) is 6.23. The number of amides is 1. The van der Waals surface area contributed by atoms with Gasteiger partial charge in [0, 0.05) is 12.1 Å². The molecule has 1 unspecified atom stereocenters. The summed E-state index contributed by atoms with van der Waals surface area (Å²) in [6.45, 7) is 3.20. The average Bonchev–Trinajstić information content (AvgIpc) is 2.57. The van der Waals surface area contributed by atoms with E-state index in [-0.39, 0.29) is 12.3 Å². The number of anilines is 1. The Labute approximate surface area is 124 Å². The molecule has 0 radical (unpaired) electrons. The van der Waals surface area contributed by atoms with E-state index >= 15 is 0 Å². The topological polar surface area (TPSA) is 86.6 Å². The van der Waals surface area contributed by atoms with Crippen LogP contribution in [0.25, 0.3) is 0 Å². The predicted octanol–water partition coefficient (Wildman–Crippen LogP) is 2.50. The van der Waals surface area contributed by atoms with Crippen LogP contribution in [0.3, 0.4) is 0 Å². The van der Waals surface area contributed by atoms with Crippen molar-refractivity contribution in [3.05, 3.63) is 29.3 Å². The van der Waals surface area contributed by atoms with Gasteiger partial charge in [0.15, 0.2) is 0 Å². The van der Waals surface area contributed by atoms with Crippen molar-refractivity contribution in [2.75, 3.05) is 5.32 Å². The van der Waals surface area contributed by atoms with Gasteiger partial charge in [-0.2, -0.15) is 0 Å². The van der Waals surface area contributed by atoms with E-state index in [2.05, 4.69) is 5.32 Å². The molecule has 1 aliphatic rings. The molecule has 0 saturated carbocycles. The molecule has 5 heteroatoms. The van der Waals surface area contributed by atoms with Gasteiger partial charge in [-0.15, -0.1) is 0 Å². The van der Waals surface area contributed by atoms with E-state index in [0.29, 0.717) is 12.0 Å². The Morgan fingerprint density at radius 2 is 2.10 bits per heavy atom. The van der Waals surface area contributed by atoms with Crippen molar-refractivity contribution in [2.24, 2.45) is 5.41 Å². The fourth-order valence-corrected chi connectivity index (χ4v) is 2.49. The number of carboxylic acids is 1. The summed E-state index contributed by atoms with van der Waals surface area (Å²) in [5.41, 5.74) is 1.48. The van der Waals surface area contributed by atoms with Crippen LogP contribution in [0.2, 0.25) is 0 Å². The van der Waals surface area contributed by atoms with Crippen molar-refractivity contribution in [1.29, 1.82) is 0 Å². The van der Waals surface area contributed by atoms with Gasteiger partial charge in [0.05, 0.1) is 11.5 Å². The maximum atomic E-state index is 11.5. The summed E-state index contributed by atoms with van der Waals surface area (Å²) < 4.78 is 0. The van der Waals surface area contributed by atoms with E-state index in [9.17, 15) is 14.7 Å². The highest BCUT2D eigenvalue weighted by atomic mass is 16.4. The van der Waals surface area contributed by atoms with Crippen molar-refractivity contribution in [3.8, 4) is 0 Å². The Kier molecular flexibility index (Phi) is 4.32. The minimum Gasteiger partial charge on any atom is -0.481 e. The van der Waals surface area contributed by atoms with Gasteiger partial charge in [0.25, 0.3) is 0 Å². The molecule has 1 aromatic carbocycles. The number of aliphatic carboxylic acids is 1. The highest BCUT2D eigenvalue weighted by molar-refractivity contribution is 5.92. The number of hydrogen-bond donors (Lipinski definition) is 3. The molecule has 0 bridgehead atoms. The van der Waals surface area contributed by atoms with Gasteiger partial charge in [0.2, 0.25) is 5.91 Å². The number of aliphatic hydroxyl groups is 1. The molecule has 3 N–H and O–H groups in total. The molecule has 0 aliphatic carbocycles. The van der Waals surface area contributed by atoms with Crippen LogP contribution < -0.4 is 5.32 Å². The first-order chi connectivity index (χ1) is 9.79. The number of carbonyl (C=O) groups is 2. The molecule has 0 saturated heterocycles. The number of carboxylic acid groups (broad SMARTS) is 1. The summed E-state index contributed by atoms with van der Waals surface area (Å²) in [7, 11) is 0. The number of nitrogens with one attached hydrogen (secondary N) is 1. The van der Waals surface area contributed by atoms with Crippen molar-refractivity contribution >= 4 is 17.6 Å². The Morgan fingerprint density at radius 1 is 1.38 bits per heavy atom. The number of aryl methyl sites for hydroxylation is 1. The van der Waals surface area contributed by atoms with Gasteiger partial charge in [-0.3, -0.25) is 9.59 Å². The van der Waals surface area contributed by atoms with Crippen LogP contribution in [-0.2, 0) is 16.0 Å². The number of hydrogen-bond acceptors (Lipinski definition) is 3. The summed E-state index contributed by atoms with van der Waals surface area (Å²) in [5, 5.41) is 22.3. The highest BCUT2D eigenvalue weighted by Crippen LogP contribution is 2.32. The second-order valence-corrected chi connectivity index (χ2v) is 6.23. The molecular formula is C16H21NO4. The number of benzene rings is 1. The molecule has 0 spiro atoms. The first-order valence-electron chi connectivity index (χ1n) is 7.14.